The number of hydrogen-bond acceptors (Lipinski definition) is 6. The second kappa shape index (κ2) is 9.03. The molecule has 0 spiro atoms. The third-order valence-corrected chi connectivity index (χ3v) is 2.10. The molecular formula is C13H24O6. The van der Waals surface area contributed by atoms with Crippen molar-refractivity contribution in [2.24, 2.45) is 0 Å². The minimum Gasteiger partial charge on any atom is -0.423 e. The minimum absolute atomic E-state index is 0.250. The summed E-state index contributed by atoms with van der Waals surface area (Å²) >= 11 is 0. The van der Waals surface area contributed by atoms with Crippen LogP contribution in [-0.2, 0) is 28.5 Å². The van der Waals surface area contributed by atoms with Crippen LogP contribution >= 0.6 is 0 Å². The van der Waals surface area contributed by atoms with Crippen LogP contribution in [0.1, 0.15) is 27.7 Å². The van der Waals surface area contributed by atoms with Crippen molar-refractivity contribution in [3.63, 3.8) is 0 Å². The van der Waals surface area contributed by atoms with E-state index in [1.54, 1.807) is 27.7 Å². The molecule has 0 aliphatic heterocycles. The molecule has 0 saturated heterocycles. The molecule has 6 heteroatoms. The fraction of sp³-hybridized carbons (Fsp3) is 0.769. The number of carbonyl (C=O) groups excluding carboxylic acids is 1. The molecule has 1 atom stereocenters. The van der Waals surface area contributed by atoms with E-state index < -0.39 is 18.2 Å². The van der Waals surface area contributed by atoms with Gasteiger partial charge in [0, 0.05) is 32.5 Å². The molecule has 112 valence electrons. The molecule has 0 aliphatic carbocycles. The number of ether oxygens (including phenoxy) is 5. The van der Waals surface area contributed by atoms with Crippen molar-refractivity contribution < 1.29 is 28.5 Å². The first-order chi connectivity index (χ1) is 8.97. The van der Waals surface area contributed by atoms with E-state index in [4.69, 9.17) is 23.7 Å². The van der Waals surface area contributed by atoms with E-state index in [0.29, 0.717) is 19.8 Å². The van der Waals surface area contributed by atoms with Crippen molar-refractivity contribution >= 4 is 5.97 Å². The van der Waals surface area contributed by atoms with E-state index in [1.807, 2.05) is 0 Å². The third kappa shape index (κ3) is 5.28. The highest BCUT2D eigenvalue weighted by Gasteiger charge is 2.46. The first kappa shape index (κ1) is 18.0. The first-order valence-electron chi connectivity index (χ1n) is 6.28. The second-order valence-electron chi connectivity index (χ2n) is 3.66. The molecule has 0 heterocycles. The molecule has 0 radical (unpaired) electrons. The molecule has 0 aromatic heterocycles. The zero-order chi connectivity index (χ0) is 14.9. The van der Waals surface area contributed by atoms with E-state index >= 15 is 0 Å². The molecule has 6 nitrogen and oxygen atoms in total. The van der Waals surface area contributed by atoms with Gasteiger partial charge in [0.15, 0.2) is 0 Å². The third-order valence-electron chi connectivity index (χ3n) is 2.10. The Balaban J connectivity index is 5.12. The van der Waals surface area contributed by atoms with E-state index in [-0.39, 0.29) is 5.57 Å². The smallest absolute Gasteiger partial charge is 0.349 e. The summed E-state index contributed by atoms with van der Waals surface area (Å²) in [7, 11) is 1.38. The van der Waals surface area contributed by atoms with Gasteiger partial charge in [-0.2, -0.15) is 0 Å². The standard InChI is InChI=1S/C13H24O6/c1-7-16-13(17-8-2,18-9-3)12(15-6)19-11(14)10(4)5/h12H,4,7-9H2,1-3,5-6H3. The van der Waals surface area contributed by atoms with Crippen LogP contribution in [-0.4, -0.2) is 45.2 Å². The van der Waals surface area contributed by atoms with Gasteiger partial charge >= 0.3 is 11.9 Å². The second-order valence-corrected chi connectivity index (χ2v) is 3.66. The average Bonchev–Trinajstić information content (AvgIpc) is 2.36. The average molecular weight is 276 g/mol. The van der Waals surface area contributed by atoms with Crippen molar-refractivity contribution in [2.75, 3.05) is 26.9 Å². The molecular weight excluding hydrogens is 252 g/mol. The summed E-state index contributed by atoms with van der Waals surface area (Å²) in [5.41, 5.74) is 0.250. The molecule has 0 aromatic carbocycles. The predicted molar refractivity (Wildman–Crippen MR) is 69.3 cm³/mol. The molecule has 0 aromatic rings. The topological polar surface area (TPSA) is 63.2 Å². The summed E-state index contributed by atoms with van der Waals surface area (Å²) in [5.74, 6) is -2.17. The van der Waals surface area contributed by atoms with Crippen LogP contribution in [0, 0.1) is 0 Å². The molecule has 0 amide bonds. The van der Waals surface area contributed by atoms with Crippen LogP contribution in [0.4, 0.5) is 0 Å². The van der Waals surface area contributed by atoms with Crippen molar-refractivity contribution in [1.29, 1.82) is 0 Å². The largest absolute Gasteiger partial charge is 0.423 e. The van der Waals surface area contributed by atoms with Gasteiger partial charge in [0.2, 0.25) is 0 Å². The molecule has 0 fully saturated rings. The Labute approximate surface area is 114 Å². The molecule has 0 bridgehead atoms. The monoisotopic (exact) mass is 276 g/mol. The minimum atomic E-state index is -1.57. The van der Waals surface area contributed by atoms with Crippen LogP contribution in [0.25, 0.3) is 0 Å². The molecule has 19 heavy (non-hydrogen) atoms. The lowest BCUT2D eigenvalue weighted by atomic mass is 10.3. The van der Waals surface area contributed by atoms with Crippen molar-refractivity contribution in [3.05, 3.63) is 12.2 Å². The Morgan fingerprint density at radius 2 is 1.53 bits per heavy atom. The highest BCUT2D eigenvalue weighted by atomic mass is 16.9. The van der Waals surface area contributed by atoms with Gasteiger partial charge < -0.3 is 23.7 Å². The molecule has 0 saturated carbocycles. The zero-order valence-corrected chi connectivity index (χ0v) is 12.4. The maximum Gasteiger partial charge on any atom is 0.349 e. The molecule has 0 N–H and O–H groups in total. The molecule has 0 rings (SSSR count). The number of carbonyl (C=O) groups is 1. The summed E-state index contributed by atoms with van der Waals surface area (Å²) in [6.07, 6.45) is -1.14. The van der Waals surface area contributed by atoms with Gasteiger partial charge in [0.05, 0.1) is 0 Å². The SMILES string of the molecule is C=C(C)C(=O)OC(OC)C(OCC)(OCC)OCC. The maximum absolute atomic E-state index is 11.6. The Hall–Kier alpha value is -0.950. The highest BCUT2D eigenvalue weighted by molar-refractivity contribution is 5.87. The Morgan fingerprint density at radius 1 is 1.11 bits per heavy atom. The van der Waals surface area contributed by atoms with E-state index in [2.05, 4.69) is 6.58 Å². The van der Waals surface area contributed by atoms with Crippen LogP contribution in [0.2, 0.25) is 0 Å². The Morgan fingerprint density at radius 3 is 1.79 bits per heavy atom. The Kier molecular flexibility index (Phi) is 8.58. The molecule has 1 unspecified atom stereocenters. The number of esters is 1. The number of rotatable bonds is 10. The van der Waals surface area contributed by atoms with Gasteiger partial charge in [-0.15, -0.1) is 0 Å². The van der Waals surface area contributed by atoms with Gasteiger partial charge in [0.25, 0.3) is 6.29 Å². The highest BCUT2D eigenvalue weighted by Crippen LogP contribution is 2.24. The van der Waals surface area contributed by atoms with Gasteiger partial charge in [-0.25, -0.2) is 4.79 Å². The summed E-state index contributed by atoms with van der Waals surface area (Å²) < 4.78 is 26.7. The summed E-state index contributed by atoms with van der Waals surface area (Å²) in [6.45, 7) is 11.3. The van der Waals surface area contributed by atoms with Gasteiger partial charge in [-0.1, -0.05) is 6.58 Å². The van der Waals surface area contributed by atoms with Crippen molar-refractivity contribution in [1.82, 2.24) is 0 Å². The molecule has 0 aliphatic rings. The van der Waals surface area contributed by atoms with E-state index in [1.165, 1.54) is 7.11 Å². The van der Waals surface area contributed by atoms with E-state index in [0.717, 1.165) is 0 Å². The van der Waals surface area contributed by atoms with E-state index in [9.17, 15) is 4.79 Å². The van der Waals surface area contributed by atoms with Crippen LogP contribution in [0.3, 0.4) is 0 Å². The van der Waals surface area contributed by atoms with Gasteiger partial charge in [-0.05, 0) is 27.7 Å². The van der Waals surface area contributed by atoms with Crippen molar-refractivity contribution in [2.45, 2.75) is 40.0 Å². The Bertz CT molecular complexity index is 272. The fourth-order valence-electron chi connectivity index (χ4n) is 1.40. The lowest BCUT2D eigenvalue weighted by Gasteiger charge is -2.36. The quantitative estimate of drug-likeness (QED) is 0.345. The van der Waals surface area contributed by atoms with Gasteiger partial charge in [0.1, 0.15) is 0 Å². The lowest BCUT2D eigenvalue weighted by molar-refractivity contribution is -0.444. The first-order valence-corrected chi connectivity index (χ1v) is 6.28. The van der Waals surface area contributed by atoms with Crippen LogP contribution < -0.4 is 0 Å². The lowest BCUT2D eigenvalue weighted by Crippen LogP contribution is -2.53. The summed E-state index contributed by atoms with van der Waals surface area (Å²) in [4.78, 5) is 11.6. The predicted octanol–water partition coefficient (Wildman–Crippen LogP) is 1.84. The number of hydrogen-bond donors (Lipinski definition) is 0. The number of methoxy groups -OCH3 is 1. The van der Waals surface area contributed by atoms with Gasteiger partial charge in [-0.3, -0.25) is 0 Å². The van der Waals surface area contributed by atoms with Crippen LogP contribution in [0.5, 0.6) is 0 Å². The fourth-order valence-corrected chi connectivity index (χ4v) is 1.40. The normalized spacial score (nSPS) is 13.1. The maximum atomic E-state index is 11.6. The van der Waals surface area contributed by atoms with Crippen LogP contribution in [0.15, 0.2) is 12.2 Å². The summed E-state index contributed by atoms with van der Waals surface area (Å²) in [6, 6.07) is 0. The van der Waals surface area contributed by atoms with Crippen molar-refractivity contribution in [3.8, 4) is 0 Å². The summed E-state index contributed by atoms with van der Waals surface area (Å²) in [5, 5.41) is 0. The zero-order valence-electron chi connectivity index (χ0n) is 12.4.